The molecule has 0 amide bonds. The van der Waals surface area contributed by atoms with Crippen molar-refractivity contribution in [1.82, 2.24) is 19.5 Å². The monoisotopic (exact) mass is 486 g/mol. The van der Waals surface area contributed by atoms with Gasteiger partial charge in [-0.1, -0.05) is 54.1 Å². The van der Waals surface area contributed by atoms with Gasteiger partial charge in [-0.3, -0.25) is 4.79 Å². The first-order chi connectivity index (χ1) is 15.3. The van der Waals surface area contributed by atoms with E-state index < -0.39 is 10.0 Å². The van der Waals surface area contributed by atoms with Gasteiger partial charge in [0.25, 0.3) is 5.56 Å². The first kappa shape index (κ1) is 22.3. The van der Waals surface area contributed by atoms with Gasteiger partial charge in [0.1, 0.15) is 15.6 Å². The first-order valence-corrected chi connectivity index (χ1v) is 12.4. The average molecular weight is 487 g/mol. The minimum atomic E-state index is -3.80. The second-order valence-electron chi connectivity index (χ2n) is 6.91. The standard InChI is InChI=1S/C22H19ClN4O3S2/c1-15-21(31-22(25-15)16-7-3-2-4-8-16)18-11-12-20(28)27(26-18)14-13-24-32(29,30)19-10-6-5-9-17(19)23/h2-12,24H,13-14H2,1H3. The van der Waals surface area contributed by atoms with Crippen LogP contribution in [-0.4, -0.2) is 29.7 Å². The number of aryl methyl sites for hydroxylation is 1. The van der Waals surface area contributed by atoms with Crippen molar-refractivity contribution in [2.24, 2.45) is 0 Å². The predicted octanol–water partition coefficient (Wildman–Crippen LogP) is 3.97. The maximum absolute atomic E-state index is 12.5. The fraction of sp³-hybridized carbons (Fsp3) is 0.136. The summed E-state index contributed by atoms with van der Waals surface area (Å²) in [5.74, 6) is 0. The van der Waals surface area contributed by atoms with Crippen LogP contribution in [0.3, 0.4) is 0 Å². The zero-order chi connectivity index (χ0) is 22.7. The number of hydrogen-bond acceptors (Lipinski definition) is 6. The number of rotatable bonds is 7. The lowest BCUT2D eigenvalue weighted by Crippen LogP contribution is -2.32. The third kappa shape index (κ3) is 4.81. The summed E-state index contributed by atoms with van der Waals surface area (Å²) in [5.41, 5.74) is 2.10. The number of nitrogens with zero attached hydrogens (tertiary/aromatic N) is 3. The summed E-state index contributed by atoms with van der Waals surface area (Å²) in [6.07, 6.45) is 0. The number of halogens is 1. The molecule has 7 nitrogen and oxygen atoms in total. The van der Waals surface area contributed by atoms with E-state index in [2.05, 4.69) is 14.8 Å². The Morgan fingerprint density at radius 1 is 1.03 bits per heavy atom. The quantitative estimate of drug-likeness (QED) is 0.426. The molecule has 0 unspecified atom stereocenters. The van der Waals surface area contributed by atoms with E-state index in [1.807, 2.05) is 37.3 Å². The summed E-state index contributed by atoms with van der Waals surface area (Å²) in [4.78, 5) is 17.8. The van der Waals surface area contributed by atoms with Crippen molar-refractivity contribution in [2.75, 3.05) is 6.54 Å². The third-order valence-corrected chi connectivity index (χ3v) is 7.85. The average Bonchev–Trinajstić information content (AvgIpc) is 3.17. The van der Waals surface area contributed by atoms with Crippen LogP contribution < -0.4 is 10.3 Å². The molecule has 4 aromatic rings. The maximum Gasteiger partial charge on any atom is 0.266 e. The number of sulfonamides is 1. The van der Waals surface area contributed by atoms with Crippen LogP contribution in [0, 0.1) is 6.92 Å². The van der Waals surface area contributed by atoms with Gasteiger partial charge in [0.2, 0.25) is 10.0 Å². The maximum atomic E-state index is 12.5. The van der Waals surface area contributed by atoms with Crippen molar-refractivity contribution in [3.8, 4) is 21.1 Å². The molecule has 0 saturated carbocycles. The van der Waals surface area contributed by atoms with Gasteiger partial charge in [0, 0.05) is 18.2 Å². The first-order valence-electron chi connectivity index (χ1n) is 9.71. The SMILES string of the molecule is Cc1nc(-c2ccccc2)sc1-c1ccc(=O)n(CCNS(=O)(=O)c2ccccc2Cl)n1. The highest BCUT2D eigenvalue weighted by atomic mass is 35.5. The molecule has 0 aliphatic rings. The molecule has 0 aliphatic carbocycles. The van der Waals surface area contributed by atoms with Crippen LogP contribution in [0.4, 0.5) is 0 Å². The van der Waals surface area contributed by atoms with E-state index >= 15 is 0 Å². The van der Waals surface area contributed by atoms with Gasteiger partial charge in [0.05, 0.1) is 22.1 Å². The van der Waals surface area contributed by atoms with Crippen LogP contribution in [-0.2, 0) is 16.6 Å². The predicted molar refractivity (Wildman–Crippen MR) is 126 cm³/mol. The van der Waals surface area contributed by atoms with E-state index in [1.54, 1.807) is 18.2 Å². The summed E-state index contributed by atoms with van der Waals surface area (Å²) >= 11 is 7.48. The molecule has 0 fully saturated rings. The van der Waals surface area contributed by atoms with E-state index in [0.717, 1.165) is 21.1 Å². The lowest BCUT2D eigenvalue weighted by atomic mass is 10.2. The van der Waals surface area contributed by atoms with Gasteiger partial charge in [-0.05, 0) is 25.1 Å². The van der Waals surface area contributed by atoms with Crippen molar-refractivity contribution < 1.29 is 8.42 Å². The number of hydrogen-bond donors (Lipinski definition) is 1. The normalized spacial score (nSPS) is 11.6. The Hall–Kier alpha value is -2.85. The molecule has 0 aliphatic heterocycles. The van der Waals surface area contributed by atoms with Gasteiger partial charge < -0.3 is 0 Å². The number of benzene rings is 2. The molecule has 0 radical (unpaired) electrons. The molecule has 1 N–H and O–H groups in total. The Labute approximate surface area is 194 Å². The van der Waals surface area contributed by atoms with Gasteiger partial charge in [0.15, 0.2) is 0 Å². The van der Waals surface area contributed by atoms with Gasteiger partial charge >= 0.3 is 0 Å². The molecule has 0 spiro atoms. The van der Waals surface area contributed by atoms with Crippen molar-refractivity contribution in [1.29, 1.82) is 0 Å². The largest absolute Gasteiger partial charge is 0.268 e. The molecule has 4 rings (SSSR count). The molecule has 2 aromatic carbocycles. The Morgan fingerprint density at radius 3 is 2.50 bits per heavy atom. The second-order valence-corrected chi connectivity index (χ2v) is 10.0. The van der Waals surface area contributed by atoms with E-state index in [4.69, 9.17) is 11.6 Å². The molecule has 0 atom stereocenters. The number of thiazole rings is 1. The fourth-order valence-corrected chi connectivity index (χ4v) is 5.67. The molecule has 2 heterocycles. The minimum Gasteiger partial charge on any atom is -0.268 e. The molecule has 0 bridgehead atoms. The van der Waals surface area contributed by atoms with Gasteiger partial charge in [-0.2, -0.15) is 5.10 Å². The van der Waals surface area contributed by atoms with E-state index in [1.165, 1.54) is 34.2 Å². The molecule has 0 saturated heterocycles. The lowest BCUT2D eigenvalue weighted by Gasteiger charge is -2.09. The summed E-state index contributed by atoms with van der Waals surface area (Å²) in [5, 5.41) is 5.43. The lowest BCUT2D eigenvalue weighted by molar-refractivity contribution is 0.549. The number of nitrogens with one attached hydrogen (secondary N) is 1. The molecular weight excluding hydrogens is 468 g/mol. The molecular formula is C22H19ClN4O3S2. The minimum absolute atomic E-state index is 0.00977. The van der Waals surface area contributed by atoms with Crippen molar-refractivity contribution in [2.45, 2.75) is 18.4 Å². The molecule has 32 heavy (non-hydrogen) atoms. The second kappa shape index (κ2) is 9.33. The van der Waals surface area contributed by atoms with Crippen LogP contribution in [0.15, 0.2) is 76.4 Å². The smallest absolute Gasteiger partial charge is 0.266 e. The third-order valence-electron chi connectivity index (χ3n) is 4.66. The van der Waals surface area contributed by atoms with Crippen LogP contribution in [0.2, 0.25) is 5.02 Å². The van der Waals surface area contributed by atoms with Crippen LogP contribution in [0.25, 0.3) is 21.1 Å². The van der Waals surface area contributed by atoms with E-state index in [9.17, 15) is 13.2 Å². The molecule has 2 aromatic heterocycles. The summed E-state index contributed by atoms with van der Waals surface area (Å²) < 4.78 is 28.7. The fourth-order valence-electron chi connectivity index (χ4n) is 3.09. The summed E-state index contributed by atoms with van der Waals surface area (Å²) in [6, 6.07) is 19.1. The Bertz CT molecular complexity index is 1420. The Balaban J connectivity index is 1.54. The topological polar surface area (TPSA) is 94.0 Å². The Morgan fingerprint density at radius 2 is 1.75 bits per heavy atom. The highest BCUT2D eigenvalue weighted by Crippen LogP contribution is 2.33. The van der Waals surface area contributed by atoms with Crippen LogP contribution >= 0.6 is 22.9 Å². The highest BCUT2D eigenvalue weighted by molar-refractivity contribution is 7.89. The summed E-state index contributed by atoms with van der Waals surface area (Å²) in [6.45, 7) is 1.95. The zero-order valence-corrected chi connectivity index (χ0v) is 19.4. The van der Waals surface area contributed by atoms with E-state index in [-0.39, 0.29) is 28.6 Å². The van der Waals surface area contributed by atoms with Gasteiger partial charge in [-0.15, -0.1) is 11.3 Å². The molecule has 164 valence electrons. The number of aromatic nitrogens is 3. The van der Waals surface area contributed by atoms with Crippen molar-refractivity contribution >= 4 is 33.0 Å². The van der Waals surface area contributed by atoms with E-state index in [0.29, 0.717) is 5.69 Å². The zero-order valence-electron chi connectivity index (χ0n) is 17.0. The van der Waals surface area contributed by atoms with Crippen LogP contribution in [0.1, 0.15) is 5.69 Å². The highest BCUT2D eigenvalue weighted by Gasteiger charge is 2.17. The Kier molecular flexibility index (Phi) is 6.52. The van der Waals surface area contributed by atoms with Gasteiger partial charge in [-0.25, -0.2) is 22.8 Å². The van der Waals surface area contributed by atoms with Crippen molar-refractivity contribution in [3.63, 3.8) is 0 Å². The molecule has 10 heteroatoms. The van der Waals surface area contributed by atoms with Crippen LogP contribution in [0.5, 0.6) is 0 Å². The summed E-state index contributed by atoms with van der Waals surface area (Å²) in [7, 11) is -3.80. The van der Waals surface area contributed by atoms with Crippen molar-refractivity contribution in [3.05, 3.63) is 87.8 Å².